The SMILES string of the molecule is OCc1cc(-c2ccc(F)c(Cl)c2)on1. The van der Waals surface area contributed by atoms with Crippen molar-refractivity contribution in [2.75, 3.05) is 0 Å². The first-order chi connectivity index (χ1) is 7.20. The molecular weight excluding hydrogens is 221 g/mol. The molecule has 1 heterocycles. The second kappa shape index (κ2) is 4.00. The molecule has 2 rings (SSSR count). The van der Waals surface area contributed by atoms with E-state index in [1.165, 1.54) is 18.2 Å². The molecule has 15 heavy (non-hydrogen) atoms. The van der Waals surface area contributed by atoms with E-state index in [-0.39, 0.29) is 11.6 Å². The van der Waals surface area contributed by atoms with Crippen LogP contribution in [0.15, 0.2) is 28.8 Å². The maximum Gasteiger partial charge on any atom is 0.167 e. The highest BCUT2D eigenvalue weighted by molar-refractivity contribution is 6.31. The van der Waals surface area contributed by atoms with Gasteiger partial charge in [0.25, 0.3) is 0 Å². The van der Waals surface area contributed by atoms with E-state index in [4.69, 9.17) is 21.2 Å². The Morgan fingerprint density at radius 1 is 1.40 bits per heavy atom. The number of hydrogen-bond acceptors (Lipinski definition) is 3. The van der Waals surface area contributed by atoms with Gasteiger partial charge in [0.15, 0.2) is 5.76 Å². The normalized spacial score (nSPS) is 10.6. The summed E-state index contributed by atoms with van der Waals surface area (Å²) >= 11 is 5.62. The van der Waals surface area contributed by atoms with Gasteiger partial charge in [-0.25, -0.2) is 4.39 Å². The molecule has 0 saturated carbocycles. The molecule has 0 fully saturated rings. The van der Waals surface area contributed by atoms with Crippen LogP contribution in [-0.4, -0.2) is 10.3 Å². The lowest BCUT2D eigenvalue weighted by Crippen LogP contribution is -1.79. The molecule has 0 amide bonds. The van der Waals surface area contributed by atoms with Crippen molar-refractivity contribution in [3.63, 3.8) is 0 Å². The van der Waals surface area contributed by atoms with Crippen molar-refractivity contribution in [3.05, 3.63) is 40.8 Å². The Morgan fingerprint density at radius 3 is 2.80 bits per heavy atom. The molecule has 0 bridgehead atoms. The number of aromatic nitrogens is 1. The Kier molecular flexibility index (Phi) is 2.70. The predicted octanol–water partition coefficient (Wildman–Crippen LogP) is 2.63. The number of hydrogen-bond donors (Lipinski definition) is 1. The summed E-state index contributed by atoms with van der Waals surface area (Å²) in [5.74, 6) is -0.0386. The van der Waals surface area contributed by atoms with E-state index >= 15 is 0 Å². The van der Waals surface area contributed by atoms with Gasteiger partial charge in [-0.15, -0.1) is 0 Å². The van der Waals surface area contributed by atoms with Gasteiger partial charge >= 0.3 is 0 Å². The lowest BCUT2D eigenvalue weighted by atomic mass is 10.1. The molecule has 1 aromatic heterocycles. The lowest BCUT2D eigenvalue weighted by molar-refractivity contribution is 0.267. The summed E-state index contributed by atoms with van der Waals surface area (Å²) in [5.41, 5.74) is 1.04. The second-order valence-electron chi connectivity index (χ2n) is 2.97. The molecule has 78 valence electrons. The monoisotopic (exact) mass is 227 g/mol. The van der Waals surface area contributed by atoms with Gasteiger partial charge in [0, 0.05) is 11.6 Å². The highest BCUT2D eigenvalue weighted by Gasteiger charge is 2.08. The Morgan fingerprint density at radius 2 is 2.20 bits per heavy atom. The zero-order valence-corrected chi connectivity index (χ0v) is 8.33. The molecule has 2 aromatic rings. The van der Waals surface area contributed by atoms with Crippen LogP contribution in [0.4, 0.5) is 4.39 Å². The number of nitrogens with zero attached hydrogens (tertiary/aromatic N) is 1. The second-order valence-corrected chi connectivity index (χ2v) is 3.38. The average Bonchev–Trinajstić information content (AvgIpc) is 2.70. The number of halogens is 2. The van der Waals surface area contributed by atoms with Crippen LogP contribution in [0.3, 0.4) is 0 Å². The zero-order valence-electron chi connectivity index (χ0n) is 7.58. The third kappa shape index (κ3) is 2.00. The van der Waals surface area contributed by atoms with Crippen LogP contribution in [-0.2, 0) is 6.61 Å². The minimum Gasteiger partial charge on any atom is -0.390 e. The molecule has 0 saturated heterocycles. The van der Waals surface area contributed by atoms with Crippen molar-refractivity contribution in [2.24, 2.45) is 0 Å². The Labute approximate surface area is 90.1 Å². The van der Waals surface area contributed by atoms with E-state index in [0.717, 1.165) is 0 Å². The lowest BCUT2D eigenvalue weighted by Gasteiger charge is -1.97. The van der Waals surface area contributed by atoms with Gasteiger partial charge in [-0.2, -0.15) is 0 Å². The number of benzene rings is 1. The van der Waals surface area contributed by atoms with E-state index in [2.05, 4.69) is 5.16 Å². The molecular formula is C10H7ClFNO2. The Balaban J connectivity index is 2.40. The molecule has 3 nitrogen and oxygen atoms in total. The molecule has 0 aliphatic carbocycles. The third-order valence-corrected chi connectivity index (χ3v) is 2.21. The van der Waals surface area contributed by atoms with Gasteiger partial charge in [-0.1, -0.05) is 16.8 Å². The quantitative estimate of drug-likeness (QED) is 0.858. The van der Waals surface area contributed by atoms with Gasteiger partial charge in [0.1, 0.15) is 11.5 Å². The summed E-state index contributed by atoms with van der Waals surface area (Å²) in [5, 5.41) is 12.4. The molecule has 0 atom stereocenters. The molecule has 0 aliphatic heterocycles. The van der Waals surface area contributed by atoms with E-state index in [9.17, 15) is 4.39 Å². The van der Waals surface area contributed by atoms with E-state index in [0.29, 0.717) is 17.0 Å². The Bertz CT molecular complexity index is 484. The van der Waals surface area contributed by atoms with Gasteiger partial charge < -0.3 is 9.63 Å². The number of aliphatic hydroxyl groups excluding tert-OH is 1. The van der Waals surface area contributed by atoms with Crippen LogP contribution in [0.1, 0.15) is 5.69 Å². The highest BCUT2D eigenvalue weighted by atomic mass is 35.5. The summed E-state index contributed by atoms with van der Waals surface area (Å²) < 4.78 is 17.8. The van der Waals surface area contributed by atoms with Crippen LogP contribution in [0, 0.1) is 5.82 Å². The van der Waals surface area contributed by atoms with E-state index in [1.54, 1.807) is 6.07 Å². The van der Waals surface area contributed by atoms with Gasteiger partial charge in [-0.05, 0) is 18.2 Å². The van der Waals surface area contributed by atoms with Crippen molar-refractivity contribution >= 4 is 11.6 Å². The summed E-state index contributed by atoms with van der Waals surface area (Å²) in [6, 6.07) is 5.80. The van der Waals surface area contributed by atoms with Crippen LogP contribution in [0.2, 0.25) is 5.02 Å². The van der Waals surface area contributed by atoms with Crippen LogP contribution < -0.4 is 0 Å². The molecule has 0 unspecified atom stereocenters. The summed E-state index contributed by atoms with van der Waals surface area (Å²) in [7, 11) is 0. The minimum atomic E-state index is -0.484. The molecule has 0 aliphatic rings. The standard InChI is InChI=1S/C10H7ClFNO2/c11-8-3-6(1-2-9(8)12)10-4-7(5-14)13-15-10/h1-4,14H,5H2. The first-order valence-corrected chi connectivity index (χ1v) is 4.60. The van der Waals surface area contributed by atoms with Gasteiger partial charge in [-0.3, -0.25) is 0 Å². The topological polar surface area (TPSA) is 46.3 Å². The summed E-state index contributed by atoms with van der Waals surface area (Å²) in [4.78, 5) is 0. The molecule has 1 N–H and O–H groups in total. The number of rotatable bonds is 2. The predicted molar refractivity (Wildman–Crippen MR) is 52.8 cm³/mol. The largest absolute Gasteiger partial charge is 0.390 e. The van der Waals surface area contributed by atoms with Crippen molar-refractivity contribution in [3.8, 4) is 11.3 Å². The van der Waals surface area contributed by atoms with E-state index < -0.39 is 5.82 Å². The first kappa shape index (κ1) is 10.1. The number of aliphatic hydroxyl groups is 1. The third-order valence-electron chi connectivity index (χ3n) is 1.93. The van der Waals surface area contributed by atoms with Crippen molar-refractivity contribution in [1.29, 1.82) is 0 Å². The molecule has 5 heteroatoms. The fraction of sp³-hybridized carbons (Fsp3) is 0.100. The van der Waals surface area contributed by atoms with Crippen LogP contribution >= 0.6 is 11.6 Å². The smallest absolute Gasteiger partial charge is 0.167 e. The maximum atomic E-state index is 12.9. The molecule has 0 spiro atoms. The van der Waals surface area contributed by atoms with Crippen LogP contribution in [0.5, 0.6) is 0 Å². The fourth-order valence-corrected chi connectivity index (χ4v) is 1.35. The minimum absolute atomic E-state index is 0.0226. The molecule has 0 radical (unpaired) electrons. The zero-order chi connectivity index (χ0) is 10.8. The van der Waals surface area contributed by atoms with Crippen LogP contribution in [0.25, 0.3) is 11.3 Å². The highest BCUT2D eigenvalue weighted by Crippen LogP contribution is 2.25. The maximum absolute atomic E-state index is 12.9. The summed E-state index contributed by atoms with van der Waals surface area (Å²) in [6.45, 7) is -0.196. The van der Waals surface area contributed by atoms with Gasteiger partial charge in [0.2, 0.25) is 0 Å². The van der Waals surface area contributed by atoms with Crippen molar-refractivity contribution in [1.82, 2.24) is 5.16 Å². The van der Waals surface area contributed by atoms with Crippen molar-refractivity contribution < 1.29 is 14.0 Å². The van der Waals surface area contributed by atoms with E-state index in [1.807, 2.05) is 0 Å². The molecule has 1 aromatic carbocycles. The fourth-order valence-electron chi connectivity index (χ4n) is 1.17. The first-order valence-electron chi connectivity index (χ1n) is 4.22. The summed E-state index contributed by atoms with van der Waals surface area (Å²) in [6.07, 6.45) is 0. The average molecular weight is 228 g/mol. The Hall–Kier alpha value is -1.39. The van der Waals surface area contributed by atoms with Crippen molar-refractivity contribution in [2.45, 2.75) is 6.61 Å². The van der Waals surface area contributed by atoms with Gasteiger partial charge in [0.05, 0.1) is 11.6 Å².